The van der Waals surface area contributed by atoms with Gasteiger partial charge >= 0.3 is 5.97 Å². The van der Waals surface area contributed by atoms with Crippen molar-refractivity contribution in [3.8, 4) is 5.75 Å². The van der Waals surface area contributed by atoms with Crippen molar-refractivity contribution in [3.63, 3.8) is 0 Å². The fraction of sp³-hybridized carbons (Fsp3) is 0.0714. The third-order valence-corrected chi connectivity index (χ3v) is 3.27. The second kappa shape index (κ2) is 5.31. The molecular weight excluding hydrogens is 327 g/mol. The molecule has 0 saturated carbocycles. The van der Waals surface area contributed by atoms with E-state index in [4.69, 9.17) is 4.74 Å². The van der Waals surface area contributed by atoms with Crippen molar-refractivity contribution < 1.29 is 9.53 Å². The van der Waals surface area contributed by atoms with E-state index in [0.717, 1.165) is 9.13 Å². The van der Waals surface area contributed by atoms with E-state index < -0.39 is 0 Å². The molecule has 0 heterocycles. The lowest BCUT2D eigenvalue weighted by atomic mass is 10.2. The van der Waals surface area contributed by atoms with E-state index in [-0.39, 0.29) is 5.97 Å². The number of esters is 1. The summed E-state index contributed by atoms with van der Waals surface area (Å²) in [4.78, 5) is 11.9. The zero-order chi connectivity index (χ0) is 12.3. The highest BCUT2D eigenvalue weighted by Crippen LogP contribution is 2.16. The molecule has 0 aliphatic carbocycles. The molecule has 17 heavy (non-hydrogen) atoms. The zero-order valence-corrected chi connectivity index (χ0v) is 11.5. The zero-order valence-electron chi connectivity index (χ0n) is 9.31. The summed E-state index contributed by atoms with van der Waals surface area (Å²) < 4.78 is 6.18. The van der Waals surface area contributed by atoms with Gasteiger partial charge in [0.2, 0.25) is 0 Å². The van der Waals surface area contributed by atoms with Crippen molar-refractivity contribution >= 4 is 28.6 Å². The molecule has 2 rings (SSSR count). The fourth-order valence-corrected chi connectivity index (χ4v) is 2.00. The van der Waals surface area contributed by atoms with Gasteiger partial charge in [0.25, 0.3) is 0 Å². The number of carbonyl (C=O) groups excluding carboxylic acids is 1. The first-order chi connectivity index (χ1) is 8.16. The van der Waals surface area contributed by atoms with Gasteiger partial charge in [-0.3, -0.25) is 0 Å². The molecule has 0 fully saturated rings. The molecule has 0 N–H and O–H groups in total. The number of halogens is 1. The van der Waals surface area contributed by atoms with E-state index >= 15 is 0 Å². The van der Waals surface area contributed by atoms with Gasteiger partial charge in [-0.15, -0.1) is 0 Å². The predicted molar refractivity (Wildman–Crippen MR) is 75.3 cm³/mol. The van der Waals surface area contributed by atoms with Crippen LogP contribution < -0.4 is 4.74 Å². The minimum atomic E-state index is -0.321. The van der Waals surface area contributed by atoms with Crippen molar-refractivity contribution in [1.29, 1.82) is 0 Å². The number of carbonyl (C=O) groups is 1. The van der Waals surface area contributed by atoms with Crippen LogP contribution in [0.3, 0.4) is 0 Å². The van der Waals surface area contributed by atoms with E-state index in [1.54, 1.807) is 18.2 Å². The largest absolute Gasteiger partial charge is 0.423 e. The Balaban J connectivity index is 2.17. The van der Waals surface area contributed by atoms with E-state index in [1.807, 2.05) is 37.3 Å². The quantitative estimate of drug-likeness (QED) is 0.473. The van der Waals surface area contributed by atoms with Crippen LogP contribution in [0, 0.1) is 10.5 Å². The monoisotopic (exact) mass is 338 g/mol. The van der Waals surface area contributed by atoms with Crippen LogP contribution in [0.1, 0.15) is 15.9 Å². The van der Waals surface area contributed by atoms with Crippen LogP contribution in [-0.4, -0.2) is 5.97 Å². The summed E-state index contributed by atoms with van der Waals surface area (Å²) in [5, 5.41) is 0. The molecule has 0 aliphatic rings. The Kier molecular flexibility index (Phi) is 3.78. The molecule has 2 aromatic rings. The summed E-state index contributed by atoms with van der Waals surface area (Å²) in [6.07, 6.45) is 0. The van der Waals surface area contributed by atoms with Gasteiger partial charge in [0.15, 0.2) is 0 Å². The fourth-order valence-electron chi connectivity index (χ4n) is 1.40. The van der Waals surface area contributed by atoms with Gasteiger partial charge in [-0.2, -0.15) is 0 Å². The third kappa shape index (κ3) is 3.06. The maximum atomic E-state index is 11.9. The third-order valence-electron chi connectivity index (χ3n) is 2.33. The Hall–Kier alpha value is -1.36. The number of benzene rings is 2. The molecule has 0 spiro atoms. The van der Waals surface area contributed by atoms with Crippen LogP contribution in [0.15, 0.2) is 48.5 Å². The van der Waals surface area contributed by atoms with E-state index in [1.165, 1.54) is 0 Å². The van der Waals surface area contributed by atoms with Gasteiger partial charge in [0.1, 0.15) is 5.75 Å². The summed E-state index contributed by atoms with van der Waals surface area (Å²) in [7, 11) is 0. The van der Waals surface area contributed by atoms with E-state index in [0.29, 0.717) is 11.3 Å². The Morgan fingerprint density at radius 2 is 1.71 bits per heavy atom. The first-order valence-corrected chi connectivity index (χ1v) is 6.28. The summed E-state index contributed by atoms with van der Waals surface area (Å²) >= 11 is 2.12. The molecule has 0 unspecified atom stereocenters. The van der Waals surface area contributed by atoms with Crippen LogP contribution in [0.5, 0.6) is 5.75 Å². The van der Waals surface area contributed by atoms with Crippen molar-refractivity contribution in [2.24, 2.45) is 0 Å². The Bertz CT molecular complexity index is 532. The normalized spacial score (nSPS) is 10.0. The molecule has 0 bridgehead atoms. The summed E-state index contributed by atoms with van der Waals surface area (Å²) in [5.41, 5.74) is 1.73. The minimum Gasteiger partial charge on any atom is -0.423 e. The number of rotatable bonds is 2. The molecule has 0 amide bonds. The summed E-state index contributed by atoms with van der Waals surface area (Å²) in [5.74, 6) is 0.249. The molecule has 2 aromatic carbocycles. The Morgan fingerprint density at radius 3 is 2.35 bits per heavy atom. The number of hydrogen-bond donors (Lipinski definition) is 0. The lowest BCUT2D eigenvalue weighted by molar-refractivity contribution is 0.0733. The van der Waals surface area contributed by atoms with Crippen LogP contribution in [0.2, 0.25) is 0 Å². The van der Waals surface area contributed by atoms with E-state index in [2.05, 4.69) is 22.6 Å². The van der Waals surface area contributed by atoms with E-state index in [9.17, 15) is 4.79 Å². The van der Waals surface area contributed by atoms with Crippen molar-refractivity contribution in [2.75, 3.05) is 0 Å². The standard InChI is InChI=1S/C14H11IO2/c1-10-6-8-11(9-7-10)17-14(16)12-4-2-3-5-13(12)15/h2-9H,1H3. The average Bonchev–Trinajstić information content (AvgIpc) is 2.32. The highest BCUT2D eigenvalue weighted by atomic mass is 127. The summed E-state index contributed by atoms with van der Waals surface area (Å²) in [6.45, 7) is 1.99. The van der Waals surface area contributed by atoms with Gasteiger partial charge in [-0.05, 0) is 53.8 Å². The first-order valence-electron chi connectivity index (χ1n) is 5.20. The Morgan fingerprint density at radius 1 is 1.06 bits per heavy atom. The predicted octanol–water partition coefficient (Wildman–Crippen LogP) is 3.82. The van der Waals surface area contributed by atoms with Crippen molar-refractivity contribution in [3.05, 3.63) is 63.2 Å². The Labute approximate surface area is 114 Å². The number of ether oxygens (including phenoxy) is 1. The summed E-state index contributed by atoms with van der Waals surface area (Å²) in [6, 6.07) is 14.8. The van der Waals surface area contributed by atoms with Gasteiger partial charge in [0, 0.05) is 3.57 Å². The SMILES string of the molecule is Cc1ccc(OC(=O)c2ccccc2I)cc1. The molecule has 0 aromatic heterocycles. The van der Waals surface area contributed by atoms with Crippen LogP contribution >= 0.6 is 22.6 Å². The topological polar surface area (TPSA) is 26.3 Å². The molecule has 3 heteroatoms. The van der Waals surface area contributed by atoms with Crippen molar-refractivity contribution in [1.82, 2.24) is 0 Å². The van der Waals surface area contributed by atoms with Gasteiger partial charge < -0.3 is 4.74 Å². The molecule has 0 radical (unpaired) electrons. The maximum Gasteiger partial charge on any atom is 0.344 e. The lowest BCUT2D eigenvalue weighted by Gasteiger charge is -2.05. The van der Waals surface area contributed by atoms with Gasteiger partial charge in [-0.1, -0.05) is 29.8 Å². The second-order valence-corrected chi connectivity index (χ2v) is 4.84. The molecule has 0 aliphatic heterocycles. The maximum absolute atomic E-state index is 11.9. The van der Waals surface area contributed by atoms with Crippen LogP contribution in [0.25, 0.3) is 0 Å². The number of aryl methyl sites for hydroxylation is 1. The highest BCUT2D eigenvalue weighted by molar-refractivity contribution is 14.1. The molecule has 2 nitrogen and oxygen atoms in total. The highest BCUT2D eigenvalue weighted by Gasteiger charge is 2.11. The average molecular weight is 338 g/mol. The molecule has 0 atom stereocenters. The lowest BCUT2D eigenvalue weighted by Crippen LogP contribution is -2.09. The van der Waals surface area contributed by atoms with Crippen molar-refractivity contribution in [2.45, 2.75) is 6.92 Å². The van der Waals surface area contributed by atoms with Crippen LogP contribution in [0.4, 0.5) is 0 Å². The molecule has 0 saturated heterocycles. The molecule has 86 valence electrons. The first kappa shape index (κ1) is 12.1. The smallest absolute Gasteiger partial charge is 0.344 e. The van der Waals surface area contributed by atoms with Gasteiger partial charge in [-0.25, -0.2) is 4.79 Å². The molecular formula is C14H11IO2. The second-order valence-electron chi connectivity index (χ2n) is 3.68. The van der Waals surface area contributed by atoms with Gasteiger partial charge in [0.05, 0.1) is 5.56 Å². The minimum absolute atomic E-state index is 0.321. The number of hydrogen-bond acceptors (Lipinski definition) is 2. The van der Waals surface area contributed by atoms with Crippen LogP contribution in [-0.2, 0) is 0 Å².